The molecule has 17 unspecified atom stereocenters. The summed E-state index contributed by atoms with van der Waals surface area (Å²) in [6, 6.07) is -0.880. The fraction of sp³-hybridized carbons (Fsp3) is 0.929. The van der Waals surface area contributed by atoms with Gasteiger partial charge in [-0.25, -0.2) is 0 Å². The molecule has 0 spiro atoms. The van der Waals surface area contributed by atoms with Crippen LogP contribution in [0.5, 0.6) is 0 Å². The van der Waals surface area contributed by atoms with E-state index in [4.69, 9.17) is 28.4 Å². The van der Waals surface area contributed by atoms with Gasteiger partial charge in [-0.15, -0.1) is 0 Å². The van der Waals surface area contributed by atoms with Crippen molar-refractivity contribution < 1.29 is 89.4 Å². The lowest BCUT2D eigenvalue weighted by atomic mass is 9.96. The summed E-state index contributed by atoms with van der Waals surface area (Å²) in [6.45, 7) is 1.69. The quantitative estimate of drug-likeness (QED) is 0.0199. The third kappa shape index (κ3) is 34.5. The van der Waals surface area contributed by atoms with Crippen molar-refractivity contribution >= 4 is 5.91 Å². The Balaban J connectivity index is 1.21. The van der Waals surface area contributed by atoms with Crippen molar-refractivity contribution in [1.82, 2.24) is 5.32 Å². The number of hydrogen-bond donors (Lipinski definition) is 12. The van der Waals surface area contributed by atoms with Crippen molar-refractivity contribution in [2.45, 2.75) is 388 Å². The minimum Gasteiger partial charge on any atom is -0.394 e. The first kappa shape index (κ1) is 81.5. The molecule has 0 radical (unpaired) electrons. The molecule has 3 saturated heterocycles. The highest BCUT2D eigenvalue weighted by Crippen LogP contribution is 2.33. The van der Waals surface area contributed by atoms with E-state index in [2.05, 4.69) is 43.5 Å². The molecule has 0 aliphatic carbocycles. The zero-order chi connectivity index (χ0) is 64.7. The van der Waals surface area contributed by atoms with E-state index in [1.54, 1.807) is 0 Å². The molecule has 19 nitrogen and oxygen atoms in total. The maximum absolute atomic E-state index is 13.3. The smallest absolute Gasteiger partial charge is 0.220 e. The molecule has 3 rings (SSSR count). The molecular formula is C70H131NO18. The normalized spacial score (nSPS) is 28.3. The second kappa shape index (κ2) is 52.5. The van der Waals surface area contributed by atoms with E-state index in [1.807, 2.05) is 0 Å². The van der Waals surface area contributed by atoms with E-state index >= 15 is 0 Å². The number of nitrogens with one attached hydrogen (secondary N) is 1. The molecule has 89 heavy (non-hydrogen) atoms. The molecule has 0 aromatic rings. The van der Waals surface area contributed by atoms with Crippen molar-refractivity contribution in [1.29, 1.82) is 0 Å². The van der Waals surface area contributed by atoms with E-state index in [-0.39, 0.29) is 18.9 Å². The molecular weight excluding hydrogens is 1140 g/mol. The van der Waals surface area contributed by atoms with Crippen LogP contribution in [0.25, 0.3) is 0 Å². The number of aliphatic hydroxyl groups excluding tert-OH is 11. The van der Waals surface area contributed by atoms with Crippen LogP contribution < -0.4 is 5.32 Å². The van der Waals surface area contributed by atoms with Gasteiger partial charge in [0.05, 0.1) is 38.6 Å². The summed E-state index contributed by atoms with van der Waals surface area (Å²) in [6.07, 6.45) is 34.0. The molecule has 1 amide bonds. The van der Waals surface area contributed by atoms with E-state index in [9.17, 15) is 61.0 Å². The van der Waals surface area contributed by atoms with Gasteiger partial charge in [0.1, 0.15) is 73.2 Å². The highest BCUT2D eigenvalue weighted by atomic mass is 16.8. The largest absolute Gasteiger partial charge is 0.394 e. The molecule has 17 atom stereocenters. The van der Waals surface area contributed by atoms with Crippen LogP contribution in [-0.2, 0) is 33.2 Å². The second-order valence-electron chi connectivity index (χ2n) is 26.1. The first-order chi connectivity index (χ1) is 43.3. The van der Waals surface area contributed by atoms with Gasteiger partial charge >= 0.3 is 0 Å². The highest BCUT2D eigenvalue weighted by molar-refractivity contribution is 5.76. The lowest BCUT2D eigenvalue weighted by Gasteiger charge is -2.48. The number of unbranched alkanes of at least 4 members (excludes halogenated alkanes) is 36. The third-order valence-electron chi connectivity index (χ3n) is 18.3. The number of ether oxygens (including phenoxy) is 6. The average Bonchev–Trinajstić information content (AvgIpc) is 2.72. The molecule has 3 fully saturated rings. The lowest BCUT2D eigenvalue weighted by Crippen LogP contribution is -2.66. The Morgan fingerprint density at radius 1 is 0.404 bits per heavy atom. The van der Waals surface area contributed by atoms with Crippen LogP contribution in [-0.4, -0.2) is 193 Å². The van der Waals surface area contributed by atoms with Crippen LogP contribution in [0.2, 0.25) is 0 Å². The van der Waals surface area contributed by atoms with E-state index in [1.165, 1.54) is 193 Å². The van der Waals surface area contributed by atoms with Crippen molar-refractivity contribution in [3.05, 3.63) is 24.3 Å². The molecule has 3 heterocycles. The zero-order valence-electron chi connectivity index (χ0n) is 55.4. The zero-order valence-corrected chi connectivity index (χ0v) is 55.4. The molecule has 0 bridgehead atoms. The van der Waals surface area contributed by atoms with E-state index in [0.717, 1.165) is 57.8 Å². The lowest BCUT2D eigenvalue weighted by molar-refractivity contribution is -0.379. The van der Waals surface area contributed by atoms with Gasteiger partial charge in [-0.05, 0) is 44.9 Å². The van der Waals surface area contributed by atoms with Crippen molar-refractivity contribution in [3.8, 4) is 0 Å². The molecule has 0 saturated carbocycles. The average molecular weight is 1270 g/mol. The minimum atomic E-state index is -1.97. The molecule has 0 aromatic heterocycles. The highest BCUT2D eigenvalue weighted by Gasteiger charge is 2.53. The van der Waals surface area contributed by atoms with Crippen LogP contribution in [0.15, 0.2) is 24.3 Å². The van der Waals surface area contributed by atoms with Gasteiger partial charge in [-0.2, -0.15) is 0 Å². The van der Waals surface area contributed by atoms with Crippen LogP contribution in [0.4, 0.5) is 0 Å². The van der Waals surface area contributed by atoms with Gasteiger partial charge < -0.3 is 89.9 Å². The Kier molecular flexibility index (Phi) is 48.1. The van der Waals surface area contributed by atoms with Crippen molar-refractivity contribution in [2.75, 3.05) is 26.4 Å². The second-order valence-corrected chi connectivity index (χ2v) is 26.1. The van der Waals surface area contributed by atoms with E-state index < -0.39 is 124 Å². The Labute approximate surface area is 537 Å². The standard InChI is InChI=1S/C70H131NO18/c1-3-5-7-9-10-11-12-13-14-15-16-17-18-19-20-21-22-23-24-25-26-27-28-29-30-31-32-33-34-35-36-37-38-39-40-41-42-44-46-48-58(76)71-53(54(75)47-45-43-8-6-4-2)52-84-68-64(82)61(79)66(56(50-73)86-68)89-70-65(83)62(80)67(57(51-74)87-70)88-69-63(81)60(78)59(77)55(49-72)85-69/h12-13,15-16,53-57,59-70,72-75,77-83H,3-11,14,17-52H2,1-2H3,(H,71,76)/b13-12-,16-15-. The molecule has 19 heteroatoms. The maximum atomic E-state index is 13.3. The fourth-order valence-corrected chi connectivity index (χ4v) is 12.4. The minimum absolute atomic E-state index is 0.245. The summed E-state index contributed by atoms with van der Waals surface area (Å²) < 4.78 is 34.2. The molecule has 524 valence electrons. The van der Waals surface area contributed by atoms with Crippen LogP contribution >= 0.6 is 0 Å². The van der Waals surface area contributed by atoms with Crippen LogP contribution in [0.3, 0.4) is 0 Å². The summed E-state index contributed by atoms with van der Waals surface area (Å²) in [7, 11) is 0. The van der Waals surface area contributed by atoms with Gasteiger partial charge in [-0.1, -0.05) is 256 Å². The van der Waals surface area contributed by atoms with Gasteiger partial charge in [0.2, 0.25) is 5.91 Å². The van der Waals surface area contributed by atoms with Crippen LogP contribution in [0, 0.1) is 0 Å². The number of rotatable bonds is 56. The summed E-state index contributed by atoms with van der Waals surface area (Å²) in [4.78, 5) is 13.3. The maximum Gasteiger partial charge on any atom is 0.220 e. The predicted octanol–water partition coefficient (Wildman–Crippen LogP) is 9.83. The Morgan fingerprint density at radius 3 is 1.15 bits per heavy atom. The van der Waals surface area contributed by atoms with Crippen molar-refractivity contribution in [3.63, 3.8) is 0 Å². The summed E-state index contributed by atoms with van der Waals surface area (Å²) in [5.41, 5.74) is 0. The number of carbonyl (C=O) groups excluding carboxylic acids is 1. The molecule has 3 aliphatic rings. The summed E-state index contributed by atoms with van der Waals surface area (Å²) in [5.74, 6) is -0.245. The number of aliphatic hydroxyl groups is 11. The molecule has 12 N–H and O–H groups in total. The Morgan fingerprint density at radius 2 is 0.742 bits per heavy atom. The van der Waals surface area contributed by atoms with Crippen molar-refractivity contribution in [2.24, 2.45) is 0 Å². The first-order valence-electron chi connectivity index (χ1n) is 36.1. The van der Waals surface area contributed by atoms with Crippen LogP contribution in [0.1, 0.15) is 284 Å². The molecule has 3 aliphatic heterocycles. The number of hydrogen-bond acceptors (Lipinski definition) is 18. The van der Waals surface area contributed by atoms with Gasteiger partial charge in [0, 0.05) is 6.42 Å². The SMILES string of the molecule is CCCCCCC/C=C\C/C=C\CCCCCCCCCCCCCCCCCCCCCCCCCCCCCC(=O)NC(COC1OC(CO)C(OC2OC(CO)C(OC3OC(CO)C(O)C(O)C3O)C(O)C2O)C(O)C1O)C(O)CCCCCCC. The van der Waals surface area contributed by atoms with E-state index in [0.29, 0.717) is 12.8 Å². The summed E-state index contributed by atoms with van der Waals surface area (Å²) >= 11 is 0. The van der Waals surface area contributed by atoms with Gasteiger partial charge in [-0.3, -0.25) is 4.79 Å². The topological polar surface area (TPSA) is 307 Å². The number of allylic oxidation sites excluding steroid dienone is 4. The predicted molar refractivity (Wildman–Crippen MR) is 346 cm³/mol. The monoisotopic (exact) mass is 1270 g/mol. The fourth-order valence-electron chi connectivity index (χ4n) is 12.4. The number of carbonyl (C=O) groups is 1. The Bertz CT molecular complexity index is 1710. The summed E-state index contributed by atoms with van der Waals surface area (Å²) in [5, 5.41) is 120. The van der Waals surface area contributed by atoms with Gasteiger partial charge in [0.15, 0.2) is 18.9 Å². The Hall–Kier alpha value is -1.73. The molecule has 0 aromatic carbocycles. The first-order valence-corrected chi connectivity index (χ1v) is 36.1. The third-order valence-corrected chi connectivity index (χ3v) is 18.3. The number of amides is 1. The van der Waals surface area contributed by atoms with Gasteiger partial charge in [0.25, 0.3) is 0 Å².